The van der Waals surface area contributed by atoms with E-state index in [1.165, 1.54) is 265 Å². The topological polar surface area (TPSA) is 148 Å². The summed E-state index contributed by atoms with van der Waals surface area (Å²) in [7, 11) is 0. The van der Waals surface area contributed by atoms with Crippen LogP contribution >= 0.6 is 27.0 Å². The normalized spacial score (nSPS) is 11.3. The molecule has 8 aromatic carbocycles. The van der Waals surface area contributed by atoms with Gasteiger partial charge in [0.05, 0.1) is 47.7 Å². The highest BCUT2D eigenvalue weighted by molar-refractivity contribution is 7.59. The molecule has 0 aliphatic carbocycles. The third kappa shape index (κ3) is 45.6. The number of benzene rings is 8. The van der Waals surface area contributed by atoms with Crippen LogP contribution in [0.5, 0.6) is 11.5 Å². The average molecular weight is 1920 g/mol. The molecule has 0 fully saturated rings. The molecule has 3 aromatic heterocycles. The van der Waals surface area contributed by atoms with Crippen molar-refractivity contribution in [1.29, 1.82) is 0 Å². The Morgan fingerprint density at radius 3 is 0.819 bits per heavy atom. The number of carbonyl (C=O) groups is 2. The zero-order chi connectivity index (χ0) is 96.6. The number of esters is 2. The third-order valence-electron chi connectivity index (χ3n) is 25.3. The van der Waals surface area contributed by atoms with Gasteiger partial charge >= 0.3 is 11.9 Å². The number of aryl methyl sites for hydroxylation is 4. The van der Waals surface area contributed by atoms with E-state index in [1.807, 2.05) is 93.2 Å². The highest BCUT2D eigenvalue weighted by atomic mass is 32.1. The number of hydrogen-bond donors (Lipinski definition) is 0. The molecular formula is C122H168F2N6O6S2. The maximum Gasteiger partial charge on any atom is 0.338 e. The van der Waals surface area contributed by atoms with Gasteiger partial charge < -0.3 is 18.9 Å². The highest BCUT2D eigenvalue weighted by Gasteiger charge is 2.18. The van der Waals surface area contributed by atoms with Crippen LogP contribution in [0, 0.1) is 11.6 Å². The molecule has 0 aliphatic heterocycles. The summed E-state index contributed by atoms with van der Waals surface area (Å²) in [6.45, 7) is 23.0. The lowest BCUT2D eigenvalue weighted by Crippen LogP contribution is -2.15. The Morgan fingerprint density at radius 2 is 0.493 bits per heavy atom. The Kier molecular flexibility index (Phi) is 60.5. The number of hydrogen-bond acceptors (Lipinski definition) is 12. The number of carbonyl (C=O) groups excluding carboxylic acids is 2. The van der Waals surface area contributed by atoms with Crippen molar-refractivity contribution in [3.05, 3.63) is 264 Å². The zero-order valence-electron chi connectivity index (χ0n) is 85.8. The maximum atomic E-state index is 14.7. The minimum Gasteiger partial charge on any atom is -0.493 e. The fourth-order valence-electron chi connectivity index (χ4n) is 16.6. The van der Waals surface area contributed by atoms with E-state index in [1.54, 1.807) is 30.6 Å². The predicted molar refractivity (Wildman–Crippen MR) is 586 cm³/mol. The van der Waals surface area contributed by atoms with Gasteiger partial charge in [-0.05, 0) is 213 Å². The number of unbranched alkanes of at least 4 members (excludes halogenated alkanes) is 32. The van der Waals surface area contributed by atoms with Gasteiger partial charge in [-0.25, -0.2) is 48.3 Å². The molecule has 3 heterocycles. The monoisotopic (exact) mass is 1920 g/mol. The Bertz CT molecular complexity index is 4900. The van der Waals surface area contributed by atoms with Crippen LogP contribution in [0.1, 0.15) is 382 Å². The van der Waals surface area contributed by atoms with Crippen LogP contribution in [-0.4, -0.2) is 67.3 Å². The predicted octanol–water partition coefficient (Wildman–Crippen LogP) is 35.9. The van der Waals surface area contributed by atoms with Crippen LogP contribution in [0.25, 0.3) is 78.7 Å². The lowest BCUT2D eigenvalue weighted by Gasteiger charge is -2.13. The summed E-state index contributed by atoms with van der Waals surface area (Å²) in [6.07, 6.45) is 67.0. The number of aromatic nitrogens is 6. The average Bonchev–Trinajstić information content (AvgIpc) is 0.822. The summed E-state index contributed by atoms with van der Waals surface area (Å²) in [5.41, 5.74) is 16.9. The maximum absolute atomic E-state index is 14.7. The van der Waals surface area contributed by atoms with Crippen LogP contribution < -0.4 is 9.47 Å². The number of halogens is 2. The van der Waals surface area contributed by atoms with Crippen LogP contribution in [0.2, 0.25) is 0 Å². The van der Waals surface area contributed by atoms with E-state index >= 15 is 0 Å². The minimum atomic E-state index is -0.361. The first kappa shape index (κ1) is 117. The summed E-state index contributed by atoms with van der Waals surface area (Å²) in [5.74, 6) is 1.54. The lowest BCUT2D eigenvalue weighted by molar-refractivity contribution is 0.0309. The third-order valence-corrected chi connectivity index (χ3v) is 25.3. The molecule has 0 N–H and O–H groups in total. The molecule has 0 saturated heterocycles. The van der Waals surface area contributed by atoms with Gasteiger partial charge in [0.1, 0.15) is 23.1 Å². The summed E-state index contributed by atoms with van der Waals surface area (Å²) < 4.78 is 52.0. The summed E-state index contributed by atoms with van der Waals surface area (Å²) in [6, 6.07) is 59.6. The molecule has 0 radical (unpaired) electrons. The van der Waals surface area contributed by atoms with Gasteiger partial charge in [0.25, 0.3) is 0 Å². The van der Waals surface area contributed by atoms with Gasteiger partial charge in [-0.15, -0.1) is 0 Å². The van der Waals surface area contributed by atoms with Crippen LogP contribution in [-0.2, 0) is 35.2 Å². The number of nitrogens with zero attached hydrogens (tertiary/aromatic N) is 6. The standard InChI is InChI=1S/C36H46O4.C29H37FN2O.C29H38N2.C28H43FN2O.2H2S/c1-5-7-9-11-13-27(3)39-35(37)33-23-19-31(20-24-33)29-15-17-30(18-16-29)32-21-25-34(26-22-32)36(38)40-28(4)14-12-10-8-6-2;1-3-5-7-8-9-11-19-33-26-17-18-27(28(30)20-26)29-31-21-25(22-32-29)24-15-13-23(14-16-24)12-10-6-4-2;1-3-5-7-9-11-12-24-14-16-26(17-15-24)27-18-20-28(21-19-27)29-30-22-25(23-31-29)13-10-8-6-4-2;1-3-5-7-9-11-12-14-16-20-32-25-18-19-26(27(29)21-25)28-30-22-24(23-31-28)17-15-13-10-8-6-4-2;;/h15-28H,5-14H2,1-4H3;13-18,20-22H,3-12,19H2,1-2H3;14-23H,3-13H2,1-2H3;18-19,21-23H,3-17,20H2,1-2H3;2*1H2/t27-,28-;;;;;/m1...../s1. The van der Waals surface area contributed by atoms with Crippen molar-refractivity contribution < 1.29 is 37.3 Å². The van der Waals surface area contributed by atoms with Crippen molar-refractivity contribution >= 4 is 38.9 Å². The van der Waals surface area contributed by atoms with Gasteiger partial charge in [-0.1, -0.05) is 382 Å². The first-order valence-electron chi connectivity index (χ1n) is 53.0. The van der Waals surface area contributed by atoms with E-state index in [4.69, 9.17) is 18.9 Å². The Labute approximate surface area is 844 Å². The van der Waals surface area contributed by atoms with E-state index in [2.05, 4.69) is 182 Å². The first-order valence-corrected chi connectivity index (χ1v) is 53.0. The SMILES string of the molecule is CCCCCCCCCCOc1ccc(-c2ncc(CCCCCCCC)cn2)c(F)c1.CCCCCCCCOc1ccc(-c2ncc(-c3ccc(CCCCC)cc3)cn2)c(F)c1.CCCCCCCc1ccc(-c2ccc(-c3ncc(CCCCCC)cn3)cc2)cc1.CCCCCC[C@@H](C)OC(=O)c1ccc(-c2ccc(-c3ccc(C(=O)O[C@H](C)CCCCCC)cc3)cc2)cc1.S.S. The molecule has 16 heteroatoms. The van der Waals surface area contributed by atoms with E-state index in [9.17, 15) is 18.4 Å². The molecule has 0 aliphatic rings. The molecule has 0 spiro atoms. The highest BCUT2D eigenvalue weighted by Crippen LogP contribution is 2.32. The summed E-state index contributed by atoms with van der Waals surface area (Å²) in [5, 5.41) is 0. The van der Waals surface area contributed by atoms with E-state index < -0.39 is 0 Å². The Hall–Kier alpha value is -9.90. The fourth-order valence-corrected chi connectivity index (χ4v) is 16.6. The van der Waals surface area contributed by atoms with Crippen LogP contribution in [0.3, 0.4) is 0 Å². The smallest absolute Gasteiger partial charge is 0.338 e. The molecule has 11 rings (SSSR count). The molecular weight excluding hydrogens is 1750 g/mol. The summed E-state index contributed by atoms with van der Waals surface area (Å²) >= 11 is 0. The summed E-state index contributed by atoms with van der Waals surface area (Å²) in [4.78, 5) is 51.9. The minimum absolute atomic E-state index is 0. The van der Waals surface area contributed by atoms with Crippen LogP contribution in [0.4, 0.5) is 8.78 Å². The van der Waals surface area contributed by atoms with Crippen molar-refractivity contribution in [2.75, 3.05) is 13.2 Å². The lowest BCUT2D eigenvalue weighted by atomic mass is 9.99. The Morgan fingerprint density at radius 1 is 0.254 bits per heavy atom. The molecule has 2 atom stereocenters. The second-order valence-electron chi connectivity index (χ2n) is 37.1. The van der Waals surface area contributed by atoms with Crippen molar-refractivity contribution in [2.45, 2.75) is 377 Å². The molecule has 0 amide bonds. The van der Waals surface area contributed by atoms with Gasteiger partial charge in [0, 0.05) is 60.4 Å². The molecule has 0 bridgehead atoms. The van der Waals surface area contributed by atoms with Crippen LogP contribution in [0.15, 0.2) is 219 Å². The first-order chi connectivity index (χ1) is 66.6. The number of ether oxygens (including phenoxy) is 4. The molecule has 748 valence electrons. The van der Waals surface area contributed by atoms with Crippen molar-refractivity contribution in [3.8, 4) is 90.2 Å². The molecule has 138 heavy (non-hydrogen) atoms. The van der Waals surface area contributed by atoms with Gasteiger partial charge in [0.15, 0.2) is 17.5 Å². The van der Waals surface area contributed by atoms with Crippen molar-refractivity contribution in [2.24, 2.45) is 0 Å². The van der Waals surface area contributed by atoms with E-state index in [-0.39, 0.29) is 62.8 Å². The van der Waals surface area contributed by atoms with Gasteiger partial charge in [0.2, 0.25) is 0 Å². The second-order valence-corrected chi connectivity index (χ2v) is 37.1. The van der Waals surface area contributed by atoms with Crippen molar-refractivity contribution in [3.63, 3.8) is 0 Å². The van der Waals surface area contributed by atoms with Crippen molar-refractivity contribution in [1.82, 2.24) is 29.9 Å². The molecule has 12 nitrogen and oxygen atoms in total. The second kappa shape index (κ2) is 71.5. The molecule has 0 saturated carbocycles. The largest absolute Gasteiger partial charge is 0.493 e. The fraction of sp³-hybridized carbons (Fsp3) is 0.492. The zero-order valence-corrected chi connectivity index (χ0v) is 87.8. The van der Waals surface area contributed by atoms with Gasteiger partial charge in [-0.3, -0.25) is 0 Å². The van der Waals surface area contributed by atoms with E-state index in [0.29, 0.717) is 58.6 Å². The number of rotatable bonds is 61. The molecule has 0 unspecified atom stereocenters. The van der Waals surface area contributed by atoms with E-state index in [0.717, 1.165) is 121 Å². The molecule has 11 aromatic rings. The Balaban J connectivity index is 0.000000282. The van der Waals surface area contributed by atoms with Gasteiger partial charge in [-0.2, -0.15) is 27.0 Å². The quantitative estimate of drug-likeness (QED) is 0.0264.